The summed E-state index contributed by atoms with van der Waals surface area (Å²) in [6, 6.07) is 4.27. The van der Waals surface area contributed by atoms with Crippen molar-refractivity contribution >= 4 is 29.6 Å². The van der Waals surface area contributed by atoms with Crippen molar-refractivity contribution in [2.45, 2.75) is 25.9 Å². The first-order valence-electron chi connectivity index (χ1n) is 7.65. The maximum Gasteiger partial charge on any atom is 0.333 e. The van der Waals surface area contributed by atoms with Crippen LogP contribution >= 0.6 is 11.6 Å². The summed E-state index contributed by atoms with van der Waals surface area (Å²) in [5.41, 5.74) is 1.02. The zero-order valence-corrected chi connectivity index (χ0v) is 14.2. The Morgan fingerprint density at radius 2 is 2.04 bits per heavy atom. The van der Waals surface area contributed by atoms with Crippen LogP contribution in [-0.2, 0) is 14.3 Å². The van der Waals surface area contributed by atoms with Crippen molar-refractivity contribution in [2.75, 3.05) is 13.1 Å². The lowest BCUT2D eigenvalue weighted by molar-refractivity contribution is -0.147. The van der Waals surface area contributed by atoms with Crippen molar-refractivity contribution in [3.63, 3.8) is 0 Å². The maximum absolute atomic E-state index is 13.1. The Morgan fingerprint density at radius 1 is 1.38 bits per heavy atom. The van der Waals surface area contributed by atoms with Crippen molar-refractivity contribution < 1.29 is 18.7 Å². The van der Waals surface area contributed by atoms with E-state index in [1.807, 2.05) is 0 Å². The third kappa shape index (κ3) is 4.93. The fourth-order valence-electron chi connectivity index (χ4n) is 2.33. The predicted octanol–water partition coefficient (Wildman–Crippen LogP) is 3.60. The van der Waals surface area contributed by atoms with Gasteiger partial charge in [0.15, 0.2) is 0 Å². The Kier molecular flexibility index (Phi) is 6.15. The van der Waals surface area contributed by atoms with Crippen LogP contribution < -0.4 is 0 Å². The van der Waals surface area contributed by atoms with Gasteiger partial charge in [0.2, 0.25) is 5.91 Å². The molecule has 0 bridgehead atoms. The largest absolute Gasteiger partial charge is 0.459 e. The van der Waals surface area contributed by atoms with E-state index in [-0.39, 0.29) is 17.0 Å². The Labute approximate surface area is 145 Å². The number of piperidine rings is 1. The van der Waals surface area contributed by atoms with E-state index < -0.39 is 11.8 Å². The summed E-state index contributed by atoms with van der Waals surface area (Å²) in [4.78, 5) is 25.3. The molecule has 0 radical (unpaired) electrons. The molecule has 1 aromatic carbocycles. The number of nitrogens with zero attached hydrogens (tertiary/aromatic N) is 1. The SMILES string of the molecule is C=C(C)C(=O)OC1CCN(C(=O)/C=C/c2ccc(F)c(Cl)c2)CC1. The van der Waals surface area contributed by atoms with Crippen LogP contribution in [0.25, 0.3) is 6.08 Å². The molecule has 0 saturated carbocycles. The van der Waals surface area contributed by atoms with Gasteiger partial charge in [-0.05, 0) is 30.7 Å². The van der Waals surface area contributed by atoms with Gasteiger partial charge in [0, 0.05) is 37.6 Å². The Hall–Kier alpha value is -2.14. The van der Waals surface area contributed by atoms with Crippen LogP contribution in [0.4, 0.5) is 4.39 Å². The van der Waals surface area contributed by atoms with Crippen LogP contribution in [0.5, 0.6) is 0 Å². The molecule has 1 aliphatic heterocycles. The summed E-state index contributed by atoms with van der Waals surface area (Å²) >= 11 is 5.71. The fourth-order valence-corrected chi connectivity index (χ4v) is 2.52. The summed E-state index contributed by atoms with van der Waals surface area (Å²) in [6.07, 6.45) is 4.05. The van der Waals surface area contributed by atoms with Gasteiger partial charge in [-0.3, -0.25) is 4.79 Å². The molecule has 0 N–H and O–H groups in total. The molecule has 0 unspecified atom stereocenters. The van der Waals surface area contributed by atoms with E-state index in [1.165, 1.54) is 18.2 Å². The van der Waals surface area contributed by atoms with Gasteiger partial charge in [0.25, 0.3) is 0 Å². The molecule has 1 aromatic rings. The number of benzene rings is 1. The van der Waals surface area contributed by atoms with Crippen molar-refractivity contribution in [1.82, 2.24) is 4.90 Å². The lowest BCUT2D eigenvalue weighted by Gasteiger charge is -2.31. The van der Waals surface area contributed by atoms with Crippen LogP contribution in [0, 0.1) is 5.82 Å². The molecule has 128 valence electrons. The zero-order valence-electron chi connectivity index (χ0n) is 13.4. The molecule has 1 heterocycles. The minimum absolute atomic E-state index is 0.0183. The van der Waals surface area contributed by atoms with Gasteiger partial charge in [0.05, 0.1) is 5.02 Å². The van der Waals surface area contributed by atoms with E-state index in [4.69, 9.17) is 16.3 Å². The molecule has 0 aliphatic carbocycles. The van der Waals surface area contributed by atoms with E-state index in [0.717, 1.165) is 0 Å². The van der Waals surface area contributed by atoms with Crippen molar-refractivity contribution in [1.29, 1.82) is 0 Å². The van der Waals surface area contributed by atoms with Gasteiger partial charge in [-0.15, -0.1) is 0 Å². The summed E-state index contributed by atoms with van der Waals surface area (Å²) in [5, 5.41) is 0.0183. The number of carbonyl (C=O) groups excluding carboxylic acids is 2. The number of hydrogen-bond acceptors (Lipinski definition) is 3. The first kappa shape index (κ1) is 18.2. The number of amides is 1. The lowest BCUT2D eigenvalue weighted by atomic mass is 10.1. The van der Waals surface area contributed by atoms with E-state index in [9.17, 15) is 14.0 Å². The smallest absolute Gasteiger partial charge is 0.333 e. The second-order valence-corrected chi connectivity index (χ2v) is 6.12. The Morgan fingerprint density at radius 3 is 2.62 bits per heavy atom. The van der Waals surface area contributed by atoms with Crippen molar-refractivity contribution in [2.24, 2.45) is 0 Å². The molecule has 4 nitrogen and oxygen atoms in total. The molecule has 2 rings (SSSR count). The van der Waals surface area contributed by atoms with E-state index in [0.29, 0.717) is 37.1 Å². The molecule has 24 heavy (non-hydrogen) atoms. The van der Waals surface area contributed by atoms with Gasteiger partial charge >= 0.3 is 5.97 Å². The number of halogens is 2. The van der Waals surface area contributed by atoms with Crippen molar-refractivity contribution in [3.8, 4) is 0 Å². The monoisotopic (exact) mass is 351 g/mol. The molecule has 1 saturated heterocycles. The molecule has 6 heteroatoms. The van der Waals surface area contributed by atoms with E-state index in [2.05, 4.69) is 6.58 Å². The Bertz CT molecular complexity index is 679. The third-order valence-corrected chi connectivity index (χ3v) is 4.03. The summed E-state index contributed by atoms with van der Waals surface area (Å²) < 4.78 is 18.4. The van der Waals surface area contributed by atoms with Crippen LogP contribution in [0.3, 0.4) is 0 Å². The first-order chi connectivity index (χ1) is 11.4. The highest BCUT2D eigenvalue weighted by molar-refractivity contribution is 6.30. The summed E-state index contributed by atoms with van der Waals surface area (Å²) in [6.45, 7) is 6.18. The van der Waals surface area contributed by atoms with Gasteiger partial charge in [-0.1, -0.05) is 24.2 Å². The maximum atomic E-state index is 13.1. The minimum atomic E-state index is -0.494. The molecule has 1 amide bonds. The molecule has 1 aliphatic rings. The standard InChI is InChI=1S/C18H19ClFNO3/c1-12(2)18(23)24-14-7-9-21(10-8-14)17(22)6-4-13-3-5-16(20)15(19)11-13/h3-6,11,14H,1,7-10H2,2H3/b6-4+. The van der Waals surface area contributed by atoms with Gasteiger partial charge in [0.1, 0.15) is 11.9 Å². The Balaban J connectivity index is 1.86. The van der Waals surface area contributed by atoms with Gasteiger partial charge in [-0.25, -0.2) is 9.18 Å². The topological polar surface area (TPSA) is 46.6 Å². The second kappa shape index (κ2) is 8.11. The van der Waals surface area contributed by atoms with Crippen LogP contribution in [-0.4, -0.2) is 36.0 Å². The average Bonchev–Trinajstić information content (AvgIpc) is 2.56. The molecule has 0 atom stereocenters. The normalized spacial score (nSPS) is 15.5. The van der Waals surface area contributed by atoms with Crippen LogP contribution in [0.15, 0.2) is 36.4 Å². The molecule has 1 fully saturated rings. The third-order valence-electron chi connectivity index (χ3n) is 3.74. The summed E-state index contributed by atoms with van der Waals surface area (Å²) in [5.74, 6) is -1.03. The fraction of sp³-hybridized carbons (Fsp3) is 0.333. The molecule has 0 spiro atoms. The number of esters is 1. The molecular weight excluding hydrogens is 333 g/mol. The van der Waals surface area contributed by atoms with Crippen molar-refractivity contribution in [3.05, 3.63) is 52.8 Å². The quantitative estimate of drug-likeness (QED) is 0.615. The van der Waals surface area contributed by atoms with Gasteiger partial charge < -0.3 is 9.64 Å². The molecular formula is C18H19ClFNO3. The molecule has 0 aromatic heterocycles. The highest BCUT2D eigenvalue weighted by Gasteiger charge is 2.24. The summed E-state index contributed by atoms with van der Waals surface area (Å²) in [7, 11) is 0. The number of ether oxygens (including phenoxy) is 1. The highest BCUT2D eigenvalue weighted by Crippen LogP contribution is 2.18. The second-order valence-electron chi connectivity index (χ2n) is 5.72. The lowest BCUT2D eigenvalue weighted by Crippen LogP contribution is -2.40. The van der Waals surface area contributed by atoms with Crippen LogP contribution in [0.2, 0.25) is 5.02 Å². The van der Waals surface area contributed by atoms with E-state index in [1.54, 1.807) is 24.0 Å². The number of hydrogen-bond donors (Lipinski definition) is 0. The first-order valence-corrected chi connectivity index (χ1v) is 8.03. The number of carbonyl (C=O) groups is 2. The minimum Gasteiger partial charge on any atom is -0.459 e. The number of rotatable bonds is 4. The zero-order chi connectivity index (χ0) is 17.7. The van der Waals surface area contributed by atoms with Crippen LogP contribution in [0.1, 0.15) is 25.3 Å². The predicted molar refractivity (Wildman–Crippen MR) is 91.0 cm³/mol. The number of likely N-dealkylation sites (tertiary alicyclic amines) is 1. The highest BCUT2D eigenvalue weighted by atomic mass is 35.5. The van der Waals surface area contributed by atoms with E-state index >= 15 is 0 Å². The average molecular weight is 352 g/mol. The van der Waals surface area contributed by atoms with Gasteiger partial charge in [-0.2, -0.15) is 0 Å².